The lowest BCUT2D eigenvalue weighted by Crippen LogP contribution is -1.92. The number of hydrogen-bond donors (Lipinski definition) is 4. The van der Waals surface area contributed by atoms with Crippen molar-refractivity contribution in [2.24, 2.45) is 0 Å². The summed E-state index contributed by atoms with van der Waals surface area (Å²) in [6.45, 7) is 4.57. The molecule has 0 fully saturated rings. The maximum absolute atomic E-state index is 5.31. The van der Waals surface area contributed by atoms with Crippen LogP contribution in [-0.4, -0.2) is 39.9 Å². The van der Waals surface area contributed by atoms with E-state index in [-0.39, 0.29) is 0 Å². The molecule has 76 heavy (non-hydrogen) atoms. The highest BCUT2D eigenvalue weighted by Gasteiger charge is 2.17. The number of nitrogens with zero attached hydrogens (tertiary/aromatic N) is 4. The predicted molar refractivity (Wildman–Crippen MR) is 324 cm³/mol. The molecule has 0 radical (unpaired) electrons. The van der Waals surface area contributed by atoms with Gasteiger partial charge in [0.05, 0.1) is 45.6 Å². The SMILES string of the molecule is CCCCCCCCCCCc1c2nc(cc3ccc([nH]3)c(-c3cccc(-c4c5nc(cc6ccc([nH]6)c(CCCCCCCCCCC)c6nc(cc7ccc4[nH]7)C=C6)C=C5)c3)c3nc(cc4ccc1[nH]4)C=C3)C=C2. The first-order valence-corrected chi connectivity index (χ1v) is 28.8. The van der Waals surface area contributed by atoms with Crippen LogP contribution in [0.3, 0.4) is 0 Å². The molecule has 4 aliphatic rings. The molecular formula is C68H74N8. The summed E-state index contributed by atoms with van der Waals surface area (Å²) in [5.74, 6) is 0. The molecule has 0 atom stereocenters. The number of benzene rings is 1. The molecule has 0 unspecified atom stereocenters. The van der Waals surface area contributed by atoms with Gasteiger partial charge in [-0.25, -0.2) is 19.9 Å². The second kappa shape index (κ2) is 24.4. The number of aryl methyl sites for hydroxylation is 2. The summed E-state index contributed by atoms with van der Waals surface area (Å²) in [4.78, 5) is 36.1. The van der Waals surface area contributed by atoms with E-state index in [9.17, 15) is 0 Å². The Kier molecular flexibility index (Phi) is 16.2. The minimum absolute atomic E-state index is 0.894. The van der Waals surface area contributed by atoms with E-state index in [0.29, 0.717) is 0 Å². The van der Waals surface area contributed by atoms with E-state index >= 15 is 0 Å². The van der Waals surface area contributed by atoms with Crippen LogP contribution in [0.2, 0.25) is 0 Å². The Morgan fingerprint density at radius 2 is 0.618 bits per heavy atom. The van der Waals surface area contributed by atoms with Crippen molar-refractivity contribution in [3.8, 4) is 22.3 Å². The number of rotatable bonds is 22. The van der Waals surface area contributed by atoms with Crippen molar-refractivity contribution in [1.82, 2.24) is 39.9 Å². The molecule has 6 aromatic heterocycles. The zero-order valence-electron chi connectivity index (χ0n) is 44.8. The van der Waals surface area contributed by atoms with E-state index < -0.39 is 0 Å². The molecule has 4 aliphatic heterocycles. The number of aromatic nitrogens is 8. The molecule has 386 valence electrons. The van der Waals surface area contributed by atoms with E-state index in [4.69, 9.17) is 19.9 Å². The number of nitrogens with one attached hydrogen (secondary N) is 4. The molecule has 0 spiro atoms. The van der Waals surface area contributed by atoms with Crippen LogP contribution in [0.1, 0.15) is 186 Å². The van der Waals surface area contributed by atoms with Crippen LogP contribution in [0.4, 0.5) is 0 Å². The molecule has 0 aliphatic carbocycles. The first kappa shape index (κ1) is 50.6. The van der Waals surface area contributed by atoms with Crippen molar-refractivity contribution in [3.63, 3.8) is 0 Å². The Hall–Kier alpha value is -7.58. The van der Waals surface area contributed by atoms with Crippen molar-refractivity contribution in [1.29, 1.82) is 0 Å². The highest BCUT2D eigenvalue weighted by atomic mass is 14.8. The van der Waals surface area contributed by atoms with Gasteiger partial charge in [-0.05, 0) is 164 Å². The van der Waals surface area contributed by atoms with Gasteiger partial charge in [0.2, 0.25) is 0 Å². The van der Waals surface area contributed by atoms with E-state index in [0.717, 1.165) is 138 Å². The standard InChI is InChI=1S/C68H74N8/c1-3-5-7-9-11-13-15-17-19-24-57-59-34-26-49(69-59)43-53-30-38-63(73-53)67(64-39-31-54(74-64)44-50-27-35-60(57)70-50)47-22-21-23-48(42-47)68-65-40-32-55(75-65)45-51-28-36-61(71-51)58(25-20-18-16-14-12-10-8-6-4-2)62-37-29-52(72-62)46-56-33-41-66(68)76-56/h21-23,26-46,69,71,74,76H,3-20,24-25H2,1-2H3. The molecule has 7 aromatic rings. The summed E-state index contributed by atoms with van der Waals surface area (Å²) in [6.07, 6.45) is 42.7. The first-order chi connectivity index (χ1) is 37.5. The van der Waals surface area contributed by atoms with Crippen LogP contribution in [-0.2, 0) is 12.8 Å². The fourth-order valence-corrected chi connectivity index (χ4v) is 11.5. The Morgan fingerprint density at radius 3 is 1.00 bits per heavy atom. The van der Waals surface area contributed by atoms with Crippen LogP contribution >= 0.6 is 0 Å². The Bertz CT molecular complexity index is 3420. The minimum atomic E-state index is 0.894. The number of fused-ring (bicyclic) bond motifs is 16. The van der Waals surface area contributed by atoms with Crippen LogP contribution in [0.5, 0.6) is 0 Å². The van der Waals surface area contributed by atoms with E-state index in [1.165, 1.54) is 114 Å². The van der Waals surface area contributed by atoms with E-state index in [1.807, 2.05) is 0 Å². The minimum Gasteiger partial charge on any atom is -0.355 e. The Morgan fingerprint density at radius 1 is 0.303 bits per heavy atom. The number of hydrogen-bond acceptors (Lipinski definition) is 4. The molecule has 4 N–H and O–H groups in total. The monoisotopic (exact) mass is 1000 g/mol. The average Bonchev–Trinajstić information content (AvgIpc) is 4.29. The molecule has 11 rings (SSSR count). The number of H-pyrrole nitrogens is 4. The summed E-state index contributed by atoms with van der Waals surface area (Å²) in [6, 6.07) is 34.9. The normalized spacial score (nSPS) is 12.7. The highest BCUT2D eigenvalue weighted by molar-refractivity contribution is 5.96. The lowest BCUT2D eigenvalue weighted by molar-refractivity contribution is 0.565. The van der Waals surface area contributed by atoms with Crippen LogP contribution in [0.15, 0.2) is 97.1 Å². The zero-order valence-corrected chi connectivity index (χ0v) is 44.8. The predicted octanol–water partition coefficient (Wildman–Crippen LogP) is 19.1. The summed E-state index contributed by atoms with van der Waals surface area (Å²) < 4.78 is 0. The molecule has 8 nitrogen and oxygen atoms in total. The average molecular weight is 1000 g/mol. The Balaban J connectivity index is 0.942. The second-order valence-corrected chi connectivity index (χ2v) is 21.4. The van der Waals surface area contributed by atoms with Crippen molar-refractivity contribution >= 4 is 92.7 Å². The second-order valence-electron chi connectivity index (χ2n) is 21.4. The van der Waals surface area contributed by atoms with Crippen molar-refractivity contribution in [2.45, 2.75) is 142 Å². The van der Waals surface area contributed by atoms with Gasteiger partial charge in [-0.2, -0.15) is 0 Å². The highest BCUT2D eigenvalue weighted by Crippen LogP contribution is 2.36. The molecule has 0 saturated carbocycles. The zero-order chi connectivity index (χ0) is 51.5. The van der Waals surface area contributed by atoms with Gasteiger partial charge in [0, 0.05) is 66.4 Å². The molecule has 0 amide bonds. The van der Waals surface area contributed by atoms with Crippen molar-refractivity contribution in [3.05, 3.63) is 154 Å². The van der Waals surface area contributed by atoms with Gasteiger partial charge < -0.3 is 19.9 Å². The maximum Gasteiger partial charge on any atom is 0.0736 e. The topological polar surface area (TPSA) is 115 Å². The lowest BCUT2D eigenvalue weighted by Gasteiger charge is -2.09. The van der Waals surface area contributed by atoms with Crippen molar-refractivity contribution in [2.75, 3.05) is 0 Å². The maximum atomic E-state index is 5.31. The van der Waals surface area contributed by atoms with Gasteiger partial charge in [0.15, 0.2) is 0 Å². The summed E-state index contributed by atoms with van der Waals surface area (Å²) in [7, 11) is 0. The van der Waals surface area contributed by atoms with Gasteiger partial charge in [-0.3, -0.25) is 0 Å². The van der Waals surface area contributed by atoms with Gasteiger partial charge in [0.25, 0.3) is 0 Å². The molecule has 8 heteroatoms. The fourth-order valence-electron chi connectivity index (χ4n) is 11.5. The lowest BCUT2D eigenvalue weighted by atomic mass is 9.97. The molecule has 0 saturated heterocycles. The number of unbranched alkanes of at least 4 members (excludes halogenated alkanes) is 16. The largest absolute Gasteiger partial charge is 0.355 e. The van der Waals surface area contributed by atoms with Crippen LogP contribution in [0.25, 0.3) is 115 Å². The molecule has 10 heterocycles. The van der Waals surface area contributed by atoms with Crippen LogP contribution in [0, 0.1) is 0 Å². The van der Waals surface area contributed by atoms with Crippen molar-refractivity contribution < 1.29 is 0 Å². The third-order valence-electron chi connectivity index (χ3n) is 15.5. The third-order valence-corrected chi connectivity index (χ3v) is 15.5. The quantitative estimate of drug-likeness (QED) is 0.0506. The summed E-state index contributed by atoms with van der Waals surface area (Å²) >= 11 is 0. The summed E-state index contributed by atoms with van der Waals surface area (Å²) in [5.41, 5.74) is 22.4. The summed E-state index contributed by atoms with van der Waals surface area (Å²) in [5, 5.41) is 0. The smallest absolute Gasteiger partial charge is 0.0736 e. The first-order valence-electron chi connectivity index (χ1n) is 28.8. The third kappa shape index (κ3) is 12.2. The van der Waals surface area contributed by atoms with Gasteiger partial charge >= 0.3 is 0 Å². The Labute approximate surface area is 448 Å². The molecule has 1 aromatic carbocycles. The van der Waals surface area contributed by atoms with E-state index in [2.05, 4.69) is 179 Å². The van der Waals surface area contributed by atoms with E-state index in [1.54, 1.807) is 0 Å². The van der Waals surface area contributed by atoms with Crippen LogP contribution < -0.4 is 0 Å². The van der Waals surface area contributed by atoms with Gasteiger partial charge in [0.1, 0.15) is 0 Å². The van der Waals surface area contributed by atoms with Gasteiger partial charge in [-0.1, -0.05) is 135 Å². The van der Waals surface area contributed by atoms with Gasteiger partial charge in [-0.15, -0.1) is 0 Å². The molecular weight excluding hydrogens is 929 g/mol. The fraction of sp³-hybridized carbons (Fsp3) is 0.324. The molecule has 16 bridgehead atoms. The number of aromatic amines is 4.